The fourth-order valence-corrected chi connectivity index (χ4v) is 4.67. The molecule has 3 heterocycles. The van der Waals surface area contributed by atoms with Gasteiger partial charge in [0.05, 0.1) is 12.0 Å². The van der Waals surface area contributed by atoms with Crippen LogP contribution in [0.5, 0.6) is 0 Å². The quantitative estimate of drug-likeness (QED) is 0.816. The fraction of sp³-hybridized carbons (Fsp3) is 0.400. The van der Waals surface area contributed by atoms with Crippen molar-refractivity contribution in [3.63, 3.8) is 0 Å². The van der Waals surface area contributed by atoms with Crippen molar-refractivity contribution in [2.24, 2.45) is 5.92 Å². The van der Waals surface area contributed by atoms with Crippen LogP contribution in [0.1, 0.15) is 24.0 Å². The molecule has 1 amide bonds. The molecule has 1 N–H and O–H groups in total. The van der Waals surface area contributed by atoms with Crippen LogP contribution < -0.4 is 0 Å². The number of nitrogens with one attached hydrogen (secondary N) is 1. The summed E-state index contributed by atoms with van der Waals surface area (Å²) in [5.41, 5.74) is 4.70. The predicted molar refractivity (Wildman–Crippen MR) is 95.4 cm³/mol. The number of carbonyl (C=O) groups is 1. The van der Waals surface area contributed by atoms with Gasteiger partial charge in [-0.25, -0.2) is 0 Å². The molecule has 0 spiro atoms. The first kappa shape index (κ1) is 14.6. The summed E-state index contributed by atoms with van der Waals surface area (Å²) >= 11 is 0. The molecule has 1 aliphatic carbocycles. The van der Waals surface area contributed by atoms with Gasteiger partial charge in [0, 0.05) is 36.7 Å². The molecular formula is C20H20N4O. The van der Waals surface area contributed by atoms with Crippen molar-refractivity contribution < 1.29 is 4.79 Å². The highest BCUT2D eigenvalue weighted by Crippen LogP contribution is 2.41. The van der Waals surface area contributed by atoms with Crippen LogP contribution in [-0.2, 0) is 11.2 Å². The minimum Gasteiger partial charge on any atom is -0.361 e. The largest absolute Gasteiger partial charge is 0.361 e. The minimum atomic E-state index is -0.222. The van der Waals surface area contributed by atoms with Crippen LogP contribution in [0, 0.1) is 17.4 Å². The Kier molecular flexibility index (Phi) is 3.14. The average molecular weight is 332 g/mol. The Morgan fingerprint density at radius 3 is 2.92 bits per heavy atom. The van der Waals surface area contributed by atoms with Gasteiger partial charge in [0.1, 0.15) is 0 Å². The van der Waals surface area contributed by atoms with E-state index in [1.807, 2.05) is 15.9 Å². The van der Waals surface area contributed by atoms with Crippen molar-refractivity contribution >= 4 is 22.4 Å². The molecule has 0 bridgehead atoms. The van der Waals surface area contributed by atoms with Crippen LogP contribution >= 0.6 is 0 Å². The number of nitrogens with zero attached hydrogens (tertiary/aromatic N) is 3. The first-order valence-electron chi connectivity index (χ1n) is 9.02. The highest BCUT2D eigenvalue weighted by Gasteiger charge is 2.38. The number of nitriles is 1. The number of aromatic nitrogens is 1. The molecule has 1 fully saturated rings. The molecule has 0 saturated carbocycles. The average Bonchev–Trinajstić information content (AvgIpc) is 3.32. The smallest absolute Gasteiger partial charge is 0.231 e. The number of hydrogen-bond donors (Lipinski definition) is 1. The van der Waals surface area contributed by atoms with Gasteiger partial charge in [0.2, 0.25) is 5.91 Å². The number of carbonyl (C=O) groups excluding carboxylic acids is 1. The highest BCUT2D eigenvalue weighted by atomic mass is 16.2. The van der Waals surface area contributed by atoms with Gasteiger partial charge in [-0.1, -0.05) is 18.2 Å². The summed E-state index contributed by atoms with van der Waals surface area (Å²) in [4.78, 5) is 20.0. The van der Waals surface area contributed by atoms with Gasteiger partial charge >= 0.3 is 0 Å². The second-order valence-electron chi connectivity index (χ2n) is 7.28. The van der Waals surface area contributed by atoms with Gasteiger partial charge < -0.3 is 14.8 Å². The molecular weight excluding hydrogens is 312 g/mol. The van der Waals surface area contributed by atoms with E-state index in [2.05, 4.69) is 35.6 Å². The predicted octanol–water partition coefficient (Wildman–Crippen LogP) is 2.51. The van der Waals surface area contributed by atoms with Crippen molar-refractivity contribution in [2.75, 3.05) is 19.6 Å². The molecule has 25 heavy (non-hydrogen) atoms. The zero-order valence-corrected chi connectivity index (χ0v) is 14.0. The van der Waals surface area contributed by atoms with Crippen LogP contribution in [0.4, 0.5) is 0 Å². The maximum atomic E-state index is 12.9. The summed E-state index contributed by atoms with van der Waals surface area (Å²) in [5.74, 6) is -0.0458. The van der Waals surface area contributed by atoms with Crippen LogP contribution in [0.3, 0.4) is 0 Å². The third kappa shape index (κ3) is 2.10. The summed E-state index contributed by atoms with van der Waals surface area (Å²) in [6, 6.07) is 6.29. The topological polar surface area (TPSA) is 63.1 Å². The lowest BCUT2D eigenvalue weighted by Gasteiger charge is -2.39. The highest BCUT2D eigenvalue weighted by molar-refractivity contribution is 5.99. The second kappa shape index (κ2) is 5.38. The van der Waals surface area contributed by atoms with E-state index >= 15 is 0 Å². The van der Waals surface area contributed by atoms with E-state index in [0.717, 1.165) is 43.4 Å². The Hall–Kier alpha value is -2.74. The van der Waals surface area contributed by atoms with Gasteiger partial charge in [0.25, 0.3) is 0 Å². The molecule has 1 aromatic heterocycles. The summed E-state index contributed by atoms with van der Waals surface area (Å²) in [6.07, 6.45) is 9.54. The molecule has 1 aromatic carbocycles. The Bertz CT molecular complexity index is 929. The molecule has 5 nitrogen and oxygen atoms in total. The molecule has 2 aliphatic heterocycles. The number of rotatable bonds is 1. The Labute approximate surface area is 146 Å². The molecule has 2 atom stereocenters. The second-order valence-corrected chi connectivity index (χ2v) is 7.28. The molecule has 5 rings (SSSR count). The van der Waals surface area contributed by atoms with E-state index in [0.29, 0.717) is 6.54 Å². The van der Waals surface area contributed by atoms with Gasteiger partial charge in [0.15, 0.2) is 6.19 Å². The van der Waals surface area contributed by atoms with Gasteiger partial charge in [-0.2, -0.15) is 5.26 Å². The van der Waals surface area contributed by atoms with E-state index < -0.39 is 0 Å². The Morgan fingerprint density at radius 2 is 2.12 bits per heavy atom. The third-order valence-corrected chi connectivity index (χ3v) is 5.88. The van der Waals surface area contributed by atoms with Gasteiger partial charge in [-0.3, -0.25) is 4.79 Å². The molecule has 0 unspecified atom stereocenters. The van der Waals surface area contributed by atoms with Crippen molar-refractivity contribution in [3.05, 3.63) is 41.6 Å². The summed E-state index contributed by atoms with van der Waals surface area (Å²) < 4.78 is 0. The van der Waals surface area contributed by atoms with Crippen LogP contribution in [0.2, 0.25) is 0 Å². The van der Waals surface area contributed by atoms with Crippen molar-refractivity contribution in [3.8, 4) is 6.19 Å². The lowest BCUT2D eigenvalue weighted by Crippen LogP contribution is -2.46. The van der Waals surface area contributed by atoms with Gasteiger partial charge in [-0.05, 0) is 42.0 Å². The first-order valence-corrected chi connectivity index (χ1v) is 9.02. The van der Waals surface area contributed by atoms with E-state index in [1.165, 1.54) is 16.5 Å². The molecule has 126 valence electrons. The maximum absolute atomic E-state index is 12.9. The van der Waals surface area contributed by atoms with Crippen molar-refractivity contribution in [1.82, 2.24) is 14.8 Å². The molecule has 0 radical (unpaired) electrons. The molecule has 5 heteroatoms. The molecule has 1 saturated heterocycles. The number of benzene rings is 1. The summed E-state index contributed by atoms with van der Waals surface area (Å²) in [6.45, 7) is 2.20. The number of likely N-dealkylation sites (tertiary alicyclic amines) is 1. The van der Waals surface area contributed by atoms with Crippen LogP contribution in [0.25, 0.3) is 16.5 Å². The Balaban J connectivity index is 1.61. The number of aromatic amines is 1. The number of H-pyrrole nitrogens is 1. The van der Waals surface area contributed by atoms with E-state index in [4.69, 9.17) is 0 Å². The van der Waals surface area contributed by atoms with Crippen molar-refractivity contribution in [1.29, 1.82) is 5.26 Å². The van der Waals surface area contributed by atoms with Crippen LogP contribution in [-0.4, -0.2) is 46.4 Å². The van der Waals surface area contributed by atoms with Crippen molar-refractivity contribution in [2.45, 2.75) is 25.3 Å². The number of amides is 1. The van der Waals surface area contributed by atoms with Gasteiger partial charge in [-0.15, -0.1) is 0 Å². The monoisotopic (exact) mass is 332 g/mol. The lowest BCUT2D eigenvalue weighted by atomic mass is 9.79. The summed E-state index contributed by atoms with van der Waals surface area (Å²) in [7, 11) is 0. The summed E-state index contributed by atoms with van der Waals surface area (Å²) in [5, 5.41) is 11.0. The van der Waals surface area contributed by atoms with Crippen LogP contribution in [0.15, 0.2) is 30.5 Å². The minimum absolute atomic E-state index is 0.0431. The first-order chi connectivity index (χ1) is 12.3. The Morgan fingerprint density at radius 1 is 1.28 bits per heavy atom. The van der Waals surface area contributed by atoms with E-state index in [-0.39, 0.29) is 17.9 Å². The maximum Gasteiger partial charge on any atom is 0.231 e. The SMILES string of the molecule is N#CN1C[C@H](C(=O)N2CCCC2)C=C2c3cccc4[nH]cc(c34)C[C@H]21. The normalized spacial score (nSPS) is 24.8. The standard InChI is InChI=1S/C20H20N4O/c21-12-24-11-14(20(25)23-6-1-2-7-23)8-16-15-4-3-5-17-19(15)13(10-22-17)9-18(16)24/h3-5,8,10,14,18,22H,1-2,6-7,9,11H2/t14-,18-/m1/s1. The third-order valence-electron chi connectivity index (χ3n) is 5.88. The zero-order valence-electron chi connectivity index (χ0n) is 14.0. The number of hydrogen-bond acceptors (Lipinski definition) is 3. The zero-order chi connectivity index (χ0) is 17.0. The molecule has 2 aromatic rings. The molecule has 3 aliphatic rings. The fourth-order valence-electron chi connectivity index (χ4n) is 4.67. The van der Waals surface area contributed by atoms with E-state index in [9.17, 15) is 10.1 Å². The van der Waals surface area contributed by atoms with E-state index in [1.54, 1.807) is 0 Å². The lowest BCUT2D eigenvalue weighted by molar-refractivity contribution is -0.133. The number of fused-ring (bicyclic) bond motifs is 2.